The zero-order chi connectivity index (χ0) is 17.7. The summed E-state index contributed by atoms with van der Waals surface area (Å²) in [7, 11) is 1.36. The SMILES string of the molecule is CCC(CC)(c1ccc(OCC(=O)OC)c(C)c1)c1cc(C)cs1. The number of ether oxygens (including phenoxy) is 2. The first-order valence-corrected chi connectivity index (χ1v) is 9.21. The van der Waals surface area contributed by atoms with Gasteiger partial charge in [0.15, 0.2) is 6.61 Å². The molecule has 0 aliphatic heterocycles. The van der Waals surface area contributed by atoms with Crippen LogP contribution in [0.1, 0.15) is 48.3 Å². The summed E-state index contributed by atoms with van der Waals surface area (Å²) in [6, 6.07) is 8.58. The van der Waals surface area contributed by atoms with E-state index in [0.717, 1.165) is 24.2 Å². The molecular weight excluding hydrogens is 320 g/mol. The van der Waals surface area contributed by atoms with Gasteiger partial charge in [0.2, 0.25) is 0 Å². The van der Waals surface area contributed by atoms with Gasteiger partial charge in [-0.15, -0.1) is 11.3 Å². The van der Waals surface area contributed by atoms with E-state index in [-0.39, 0.29) is 18.0 Å². The van der Waals surface area contributed by atoms with Crippen molar-refractivity contribution in [2.24, 2.45) is 0 Å². The van der Waals surface area contributed by atoms with Crippen molar-refractivity contribution >= 4 is 17.3 Å². The van der Waals surface area contributed by atoms with Gasteiger partial charge < -0.3 is 9.47 Å². The van der Waals surface area contributed by atoms with Crippen molar-refractivity contribution in [3.63, 3.8) is 0 Å². The minimum Gasteiger partial charge on any atom is -0.482 e. The van der Waals surface area contributed by atoms with Crippen LogP contribution in [0.4, 0.5) is 0 Å². The summed E-state index contributed by atoms with van der Waals surface area (Å²) in [6.07, 6.45) is 2.09. The second kappa shape index (κ2) is 7.84. The first-order valence-electron chi connectivity index (χ1n) is 8.33. The van der Waals surface area contributed by atoms with Crippen LogP contribution in [0, 0.1) is 13.8 Å². The van der Waals surface area contributed by atoms with Crippen LogP contribution < -0.4 is 4.74 Å². The predicted molar refractivity (Wildman–Crippen MR) is 99.1 cm³/mol. The fourth-order valence-electron chi connectivity index (χ4n) is 3.14. The highest BCUT2D eigenvalue weighted by molar-refractivity contribution is 7.10. The van der Waals surface area contributed by atoms with Crippen molar-refractivity contribution in [2.45, 2.75) is 46.0 Å². The van der Waals surface area contributed by atoms with Gasteiger partial charge in [-0.3, -0.25) is 0 Å². The van der Waals surface area contributed by atoms with E-state index in [1.807, 2.05) is 24.3 Å². The molecule has 3 nitrogen and oxygen atoms in total. The summed E-state index contributed by atoms with van der Waals surface area (Å²) in [4.78, 5) is 12.7. The van der Waals surface area contributed by atoms with E-state index >= 15 is 0 Å². The van der Waals surface area contributed by atoms with Crippen LogP contribution in [0.15, 0.2) is 29.6 Å². The Kier molecular flexibility index (Phi) is 6.05. The summed E-state index contributed by atoms with van der Waals surface area (Å²) in [5.41, 5.74) is 3.69. The molecule has 1 aromatic carbocycles. The van der Waals surface area contributed by atoms with Crippen molar-refractivity contribution in [3.05, 3.63) is 51.2 Å². The second-order valence-corrected chi connectivity index (χ2v) is 7.03. The number of carbonyl (C=O) groups excluding carboxylic acids is 1. The van der Waals surface area contributed by atoms with E-state index in [1.54, 1.807) is 0 Å². The molecule has 0 radical (unpaired) electrons. The number of aryl methyl sites for hydroxylation is 2. The summed E-state index contributed by atoms with van der Waals surface area (Å²) in [5, 5.41) is 2.22. The number of methoxy groups -OCH3 is 1. The molecule has 0 aliphatic rings. The van der Waals surface area contributed by atoms with E-state index in [9.17, 15) is 4.79 Å². The molecule has 0 spiro atoms. The second-order valence-electron chi connectivity index (χ2n) is 6.12. The minimum absolute atomic E-state index is 0.0323. The predicted octanol–water partition coefficient (Wildman–Crippen LogP) is 5.02. The highest BCUT2D eigenvalue weighted by Crippen LogP contribution is 2.42. The van der Waals surface area contributed by atoms with Gasteiger partial charge in [0.25, 0.3) is 0 Å². The van der Waals surface area contributed by atoms with Crippen molar-refractivity contribution in [1.29, 1.82) is 0 Å². The molecule has 24 heavy (non-hydrogen) atoms. The topological polar surface area (TPSA) is 35.5 Å². The fraction of sp³-hybridized carbons (Fsp3) is 0.450. The van der Waals surface area contributed by atoms with Gasteiger partial charge in [-0.25, -0.2) is 4.79 Å². The number of thiophene rings is 1. The highest BCUT2D eigenvalue weighted by Gasteiger charge is 2.32. The van der Waals surface area contributed by atoms with E-state index in [4.69, 9.17) is 4.74 Å². The summed E-state index contributed by atoms with van der Waals surface area (Å²) in [6.45, 7) is 8.59. The Labute approximate surface area is 148 Å². The molecule has 130 valence electrons. The van der Waals surface area contributed by atoms with Crippen LogP contribution in [0.25, 0.3) is 0 Å². The third-order valence-corrected chi connectivity index (χ3v) is 5.96. The molecule has 0 N–H and O–H groups in total. The molecule has 1 heterocycles. The Morgan fingerprint density at radius 1 is 1.17 bits per heavy atom. The largest absolute Gasteiger partial charge is 0.482 e. The van der Waals surface area contributed by atoms with Gasteiger partial charge in [-0.1, -0.05) is 26.0 Å². The third kappa shape index (κ3) is 3.64. The van der Waals surface area contributed by atoms with Crippen LogP contribution in [0.3, 0.4) is 0 Å². The minimum atomic E-state index is -0.371. The number of hydrogen-bond acceptors (Lipinski definition) is 4. The molecule has 1 aromatic heterocycles. The van der Waals surface area contributed by atoms with Gasteiger partial charge in [-0.2, -0.15) is 0 Å². The Morgan fingerprint density at radius 2 is 1.88 bits per heavy atom. The average molecular weight is 346 g/mol. The quantitative estimate of drug-likeness (QED) is 0.660. The van der Waals surface area contributed by atoms with Crippen molar-refractivity contribution in [3.8, 4) is 5.75 Å². The number of rotatable bonds is 7. The average Bonchev–Trinajstić information content (AvgIpc) is 3.02. The van der Waals surface area contributed by atoms with E-state index in [0.29, 0.717) is 0 Å². The zero-order valence-electron chi connectivity index (χ0n) is 15.1. The Balaban J connectivity index is 2.35. The third-order valence-electron chi connectivity index (χ3n) is 4.71. The smallest absolute Gasteiger partial charge is 0.343 e. The molecule has 0 bridgehead atoms. The van der Waals surface area contributed by atoms with Crippen molar-refractivity contribution in [2.75, 3.05) is 13.7 Å². The molecule has 0 unspecified atom stereocenters. The van der Waals surface area contributed by atoms with E-state index in [1.165, 1.54) is 23.1 Å². The first kappa shape index (κ1) is 18.5. The molecule has 0 atom stereocenters. The van der Waals surface area contributed by atoms with Crippen LogP contribution in [0.2, 0.25) is 0 Å². The van der Waals surface area contributed by atoms with Crippen LogP contribution in [0.5, 0.6) is 5.75 Å². The summed E-state index contributed by atoms with van der Waals surface area (Å²) >= 11 is 1.84. The number of hydrogen-bond donors (Lipinski definition) is 0. The molecular formula is C20H26O3S. The van der Waals surface area contributed by atoms with E-state index < -0.39 is 0 Å². The Hall–Kier alpha value is -1.81. The van der Waals surface area contributed by atoms with Gasteiger partial charge >= 0.3 is 5.97 Å². The molecule has 4 heteroatoms. The van der Waals surface area contributed by atoms with Gasteiger partial charge in [0.05, 0.1) is 7.11 Å². The fourth-order valence-corrected chi connectivity index (χ4v) is 4.40. The molecule has 0 amide bonds. The normalized spacial score (nSPS) is 11.4. The van der Waals surface area contributed by atoms with Crippen molar-refractivity contribution < 1.29 is 14.3 Å². The van der Waals surface area contributed by atoms with Crippen LogP contribution in [-0.2, 0) is 14.9 Å². The van der Waals surface area contributed by atoms with Gasteiger partial charge in [0.1, 0.15) is 5.75 Å². The molecule has 2 rings (SSSR count). The monoisotopic (exact) mass is 346 g/mol. The molecule has 0 fully saturated rings. The lowest BCUT2D eigenvalue weighted by Gasteiger charge is -2.32. The van der Waals surface area contributed by atoms with Crippen LogP contribution in [-0.4, -0.2) is 19.7 Å². The number of esters is 1. The maximum atomic E-state index is 11.3. The number of benzene rings is 1. The maximum absolute atomic E-state index is 11.3. The van der Waals surface area contributed by atoms with E-state index in [2.05, 4.69) is 49.1 Å². The van der Waals surface area contributed by atoms with Crippen molar-refractivity contribution in [1.82, 2.24) is 0 Å². The lowest BCUT2D eigenvalue weighted by Crippen LogP contribution is -2.25. The molecule has 2 aromatic rings. The molecule has 0 saturated heterocycles. The first-order chi connectivity index (χ1) is 11.5. The highest BCUT2D eigenvalue weighted by atomic mass is 32.1. The summed E-state index contributed by atoms with van der Waals surface area (Å²) in [5.74, 6) is 0.358. The zero-order valence-corrected chi connectivity index (χ0v) is 16.0. The van der Waals surface area contributed by atoms with Gasteiger partial charge in [-0.05, 0) is 60.9 Å². The Bertz CT molecular complexity index is 699. The molecule has 0 saturated carbocycles. The Morgan fingerprint density at radius 3 is 2.38 bits per heavy atom. The van der Waals surface area contributed by atoms with Crippen LogP contribution >= 0.6 is 11.3 Å². The standard InChI is InChI=1S/C20H26O3S/c1-6-20(7-2,18-10-14(3)13-24-18)16-8-9-17(15(4)11-16)23-12-19(21)22-5/h8-11,13H,6-7,12H2,1-5H3. The van der Waals surface area contributed by atoms with Gasteiger partial charge in [0, 0.05) is 10.3 Å². The summed E-state index contributed by atoms with van der Waals surface area (Å²) < 4.78 is 10.2. The maximum Gasteiger partial charge on any atom is 0.343 e. The molecule has 0 aliphatic carbocycles. The lowest BCUT2D eigenvalue weighted by atomic mass is 9.74. The lowest BCUT2D eigenvalue weighted by molar-refractivity contribution is -0.142. The number of carbonyl (C=O) groups is 1.